The first-order chi connectivity index (χ1) is 18.2. The summed E-state index contributed by atoms with van der Waals surface area (Å²) >= 11 is 0. The highest BCUT2D eigenvalue weighted by Crippen LogP contribution is 2.24. The Kier molecular flexibility index (Phi) is 7.01. The summed E-state index contributed by atoms with van der Waals surface area (Å²) in [6.45, 7) is 2.98. The van der Waals surface area contributed by atoms with Crippen LogP contribution in [-0.4, -0.2) is 56.4 Å². The van der Waals surface area contributed by atoms with Gasteiger partial charge in [0.25, 0.3) is 5.56 Å². The first-order valence-electron chi connectivity index (χ1n) is 12.9. The van der Waals surface area contributed by atoms with E-state index in [1.165, 1.54) is 35.5 Å². The molecule has 5 rings (SSSR count). The summed E-state index contributed by atoms with van der Waals surface area (Å²) in [5.41, 5.74) is 2.00. The molecule has 1 aromatic heterocycles. The molecule has 8 nitrogen and oxygen atoms in total. The fourth-order valence-electron chi connectivity index (χ4n) is 5.59. The largest absolute Gasteiger partial charge is 0.341 e. The maximum absolute atomic E-state index is 14.1. The minimum Gasteiger partial charge on any atom is -0.341 e. The van der Waals surface area contributed by atoms with Crippen LogP contribution < -0.4 is 11.2 Å². The summed E-state index contributed by atoms with van der Waals surface area (Å²) in [4.78, 5) is 55.4. The van der Waals surface area contributed by atoms with E-state index in [-0.39, 0.29) is 30.0 Å². The number of carbonyl (C=O) groups is 2. The topological polar surface area (TPSA) is 84.6 Å². The SMILES string of the molecule is Cc1c(F)cccc1-c1cn(CC(=O)N2CCC(N3CCc4ccccc4CC3=O)CC2)c(=O)n(C)c1=O. The van der Waals surface area contributed by atoms with Crippen molar-refractivity contribution in [3.05, 3.63) is 92.0 Å². The number of halogens is 1. The van der Waals surface area contributed by atoms with Gasteiger partial charge in [-0.05, 0) is 54.5 Å². The molecule has 0 saturated carbocycles. The van der Waals surface area contributed by atoms with Crippen LogP contribution in [0, 0.1) is 12.7 Å². The third-order valence-electron chi connectivity index (χ3n) is 7.88. The molecule has 0 unspecified atom stereocenters. The molecule has 2 aliphatic heterocycles. The summed E-state index contributed by atoms with van der Waals surface area (Å²) in [5.74, 6) is -0.564. The maximum Gasteiger partial charge on any atom is 0.331 e. The smallest absolute Gasteiger partial charge is 0.331 e. The van der Waals surface area contributed by atoms with Crippen LogP contribution in [0.5, 0.6) is 0 Å². The summed E-state index contributed by atoms with van der Waals surface area (Å²) in [6, 6.07) is 12.6. The molecule has 0 atom stereocenters. The van der Waals surface area contributed by atoms with E-state index >= 15 is 0 Å². The van der Waals surface area contributed by atoms with E-state index in [1.807, 2.05) is 23.1 Å². The number of amides is 2. The second kappa shape index (κ2) is 10.4. The van der Waals surface area contributed by atoms with Crippen molar-refractivity contribution in [3.63, 3.8) is 0 Å². The van der Waals surface area contributed by atoms with Gasteiger partial charge in [0.15, 0.2) is 0 Å². The molecule has 0 radical (unpaired) electrons. The average molecular weight is 519 g/mol. The number of likely N-dealkylation sites (tertiary alicyclic amines) is 1. The van der Waals surface area contributed by atoms with Crippen molar-refractivity contribution >= 4 is 11.8 Å². The third kappa shape index (κ3) is 4.80. The van der Waals surface area contributed by atoms with Crippen molar-refractivity contribution in [2.24, 2.45) is 7.05 Å². The van der Waals surface area contributed by atoms with Crippen molar-refractivity contribution in [1.82, 2.24) is 18.9 Å². The van der Waals surface area contributed by atoms with Gasteiger partial charge in [0.2, 0.25) is 11.8 Å². The van der Waals surface area contributed by atoms with Gasteiger partial charge in [0, 0.05) is 38.9 Å². The van der Waals surface area contributed by atoms with E-state index in [0.717, 1.165) is 16.6 Å². The highest BCUT2D eigenvalue weighted by atomic mass is 19.1. The number of fused-ring (bicyclic) bond motifs is 1. The molecule has 2 aromatic carbocycles. The van der Waals surface area contributed by atoms with Crippen LogP contribution in [0.15, 0.2) is 58.3 Å². The first-order valence-corrected chi connectivity index (χ1v) is 12.9. The van der Waals surface area contributed by atoms with Crippen LogP contribution in [0.3, 0.4) is 0 Å². The number of rotatable bonds is 4. The Morgan fingerprint density at radius 1 is 0.947 bits per heavy atom. The van der Waals surface area contributed by atoms with Gasteiger partial charge >= 0.3 is 5.69 Å². The molecule has 1 fully saturated rings. The van der Waals surface area contributed by atoms with Crippen LogP contribution in [-0.2, 0) is 36.0 Å². The quantitative estimate of drug-likeness (QED) is 0.531. The lowest BCUT2D eigenvalue weighted by Crippen LogP contribution is -2.50. The summed E-state index contributed by atoms with van der Waals surface area (Å²) in [5, 5.41) is 0. The van der Waals surface area contributed by atoms with E-state index in [9.17, 15) is 23.6 Å². The second-order valence-corrected chi connectivity index (χ2v) is 10.1. The van der Waals surface area contributed by atoms with E-state index in [4.69, 9.17) is 0 Å². The standard InChI is InChI=1S/C29H31FN4O4/c1-19-23(8-5-9-25(19)30)24-17-33(29(38)31(2)28(24)37)18-27(36)32-13-11-22(12-14-32)34-15-10-20-6-3-4-7-21(20)16-26(34)35/h3-9,17,22H,10-16,18H2,1-2H3. The Bertz CT molecular complexity index is 1520. The fraction of sp³-hybridized carbons (Fsp3) is 0.379. The number of hydrogen-bond donors (Lipinski definition) is 0. The van der Waals surface area contributed by atoms with Gasteiger partial charge in [-0.2, -0.15) is 0 Å². The van der Waals surface area contributed by atoms with Gasteiger partial charge < -0.3 is 9.80 Å². The molecule has 38 heavy (non-hydrogen) atoms. The van der Waals surface area contributed by atoms with E-state index in [0.29, 0.717) is 50.0 Å². The van der Waals surface area contributed by atoms with Gasteiger partial charge in [-0.1, -0.05) is 36.4 Å². The summed E-state index contributed by atoms with van der Waals surface area (Å²) in [6.07, 6.45) is 3.92. The molecule has 198 valence electrons. The summed E-state index contributed by atoms with van der Waals surface area (Å²) in [7, 11) is 1.35. The summed E-state index contributed by atoms with van der Waals surface area (Å²) < 4.78 is 16.3. The lowest BCUT2D eigenvalue weighted by Gasteiger charge is -2.38. The highest BCUT2D eigenvalue weighted by Gasteiger charge is 2.31. The van der Waals surface area contributed by atoms with E-state index < -0.39 is 17.1 Å². The van der Waals surface area contributed by atoms with Crippen molar-refractivity contribution in [2.75, 3.05) is 19.6 Å². The third-order valence-corrected chi connectivity index (χ3v) is 7.88. The lowest BCUT2D eigenvalue weighted by molar-refractivity contribution is -0.136. The van der Waals surface area contributed by atoms with Crippen molar-refractivity contribution in [1.29, 1.82) is 0 Å². The van der Waals surface area contributed by atoms with Crippen molar-refractivity contribution in [3.8, 4) is 11.1 Å². The molecule has 2 amide bonds. The van der Waals surface area contributed by atoms with Crippen LogP contribution in [0.1, 0.15) is 29.5 Å². The van der Waals surface area contributed by atoms with Crippen LogP contribution in [0.25, 0.3) is 11.1 Å². The monoisotopic (exact) mass is 518 g/mol. The minimum absolute atomic E-state index is 0.0729. The zero-order valence-corrected chi connectivity index (χ0v) is 21.7. The molecular weight excluding hydrogens is 487 g/mol. The molecule has 9 heteroatoms. The molecule has 3 heterocycles. The maximum atomic E-state index is 14.1. The molecule has 0 bridgehead atoms. The van der Waals surface area contributed by atoms with Gasteiger partial charge in [-0.25, -0.2) is 9.18 Å². The fourth-order valence-corrected chi connectivity index (χ4v) is 5.59. The molecule has 0 aliphatic carbocycles. The van der Waals surface area contributed by atoms with Crippen LogP contribution in [0.2, 0.25) is 0 Å². The number of aromatic nitrogens is 2. The minimum atomic E-state index is -0.606. The molecule has 2 aliphatic rings. The Hall–Kier alpha value is -4.01. The van der Waals surface area contributed by atoms with Gasteiger partial charge in [0.1, 0.15) is 12.4 Å². The lowest BCUT2D eigenvalue weighted by atomic mass is 10.0. The zero-order valence-electron chi connectivity index (χ0n) is 21.7. The predicted octanol–water partition coefficient (Wildman–Crippen LogP) is 2.28. The van der Waals surface area contributed by atoms with Crippen molar-refractivity contribution in [2.45, 2.75) is 45.2 Å². The Balaban J connectivity index is 1.28. The molecular formula is C29H31FN4O4. The normalized spacial score (nSPS) is 16.3. The van der Waals surface area contributed by atoms with Crippen molar-refractivity contribution < 1.29 is 14.0 Å². The van der Waals surface area contributed by atoms with Crippen LogP contribution in [0.4, 0.5) is 4.39 Å². The number of hydrogen-bond acceptors (Lipinski definition) is 4. The Morgan fingerprint density at radius 2 is 1.66 bits per heavy atom. The Morgan fingerprint density at radius 3 is 2.39 bits per heavy atom. The van der Waals surface area contributed by atoms with Gasteiger partial charge in [-0.3, -0.25) is 23.5 Å². The number of benzene rings is 2. The first kappa shape index (κ1) is 25.6. The van der Waals surface area contributed by atoms with Gasteiger partial charge in [0.05, 0.1) is 12.0 Å². The zero-order chi connectivity index (χ0) is 27.0. The predicted molar refractivity (Wildman–Crippen MR) is 141 cm³/mol. The van der Waals surface area contributed by atoms with Gasteiger partial charge in [-0.15, -0.1) is 0 Å². The molecule has 1 saturated heterocycles. The Labute approximate surface area is 219 Å². The number of nitrogens with zero attached hydrogens (tertiary/aromatic N) is 4. The number of carbonyl (C=O) groups excluding carboxylic acids is 2. The highest BCUT2D eigenvalue weighted by molar-refractivity contribution is 5.80. The molecule has 0 spiro atoms. The number of piperidine rings is 1. The second-order valence-electron chi connectivity index (χ2n) is 10.1. The van der Waals surface area contributed by atoms with E-state index in [2.05, 4.69) is 6.07 Å². The average Bonchev–Trinajstić information content (AvgIpc) is 3.09. The molecule has 3 aromatic rings. The van der Waals surface area contributed by atoms with Crippen LogP contribution >= 0.6 is 0 Å². The molecule has 0 N–H and O–H groups in total. The van der Waals surface area contributed by atoms with E-state index in [1.54, 1.807) is 17.9 Å².